The molecule has 24 heavy (non-hydrogen) atoms. The summed E-state index contributed by atoms with van der Waals surface area (Å²) in [4.78, 5) is 28.4. The molecule has 7 heteroatoms. The van der Waals surface area contributed by atoms with E-state index in [0.717, 1.165) is 12.1 Å². The molecular weight excluding hydrogens is 343 g/mol. The zero-order valence-electron chi connectivity index (χ0n) is 12.0. The largest absolute Gasteiger partial charge is 0.417 e. The van der Waals surface area contributed by atoms with Crippen molar-refractivity contribution in [1.82, 2.24) is 0 Å². The number of hydrogen-bond donors (Lipinski definition) is 0. The van der Waals surface area contributed by atoms with Gasteiger partial charge in [-0.2, -0.15) is 13.2 Å². The first-order chi connectivity index (χ1) is 11.3. The van der Waals surface area contributed by atoms with Crippen molar-refractivity contribution in [3.05, 3.63) is 64.2 Å². The van der Waals surface area contributed by atoms with Crippen molar-refractivity contribution in [2.24, 2.45) is 4.99 Å². The molecule has 0 heterocycles. The zero-order valence-corrected chi connectivity index (χ0v) is 12.8. The second-order valence-corrected chi connectivity index (χ2v) is 5.60. The quantitative estimate of drug-likeness (QED) is 0.733. The molecule has 3 nitrogen and oxygen atoms in total. The molecule has 0 atom stereocenters. The van der Waals surface area contributed by atoms with Gasteiger partial charge in [-0.15, -0.1) is 0 Å². The third-order valence-electron chi connectivity index (χ3n) is 3.58. The second-order valence-electron chi connectivity index (χ2n) is 5.20. The van der Waals surface area contributed by atoms with E-state index in [1.54, 1.807) is 12.1 Å². The molecular formula is C17H9ClF3NO2. The van der Waals surface area contributed by atoms with Crippen LogP contribution in [0.5, 0.6) is 0 Å². The van der Waals surface area contributed by atoms with Gasteiger partial charge in [0.15, 0.2) is 5.78 Å². The van der Waals surface area contributed by atoms with Crippen LogP contribution in [0, 0.1) is 0 Å². The number of fused-ring (bicyclic) bond motifs is 1. The molecule has 0 N–H and O–H groups in total. The van der Waals surface area contributed by atoms with Crippen LogP contribution in [0.2, 0.25) is 5.02 Å². The molecule has 0 unspecified atom stereocenters. The third kappa shape index (κ3) is 2.97. The first-order valence-electron chi connectivity index (χ1n) is 6.88. The number of carbonyl (C=O) groups is 2. The fourth-order valence-corrected chi connectivity index (χ4v) is 2.68. The van der Waals surface area contributed by atoms with E-state index in [9.17, 15) is 22.8 Å². The van der Waals surface area contributed by atoms with Crippen molar-refractivity contribution in [2.75, 3.05) is 0 Å². The van der Waals surface area contributed by atoms with Crippen LogP contribution in [0.1, 0.15) is 32.7 Å². The van der Waals surface area contributed by atoms with Gasteiger partial charge in [0.1, 0.15) is 0 Å². The first-order valence-corrected chi connectivity index (χ1v) is 7.26. The van der Waals surface area contributed by atoms with Crippen molar-refractivity contribution < 1.29 is 22.8 Å². The van der Waals surface area contributed by atoms with Crippen molar-refractivity contribution in [3.8, 4) is 0 Å². The Bertz CT molecular complexity index is 888. The Morgan fingerprint density at radius 2 is 1.67 bits per heavy atom. The molecule has 0 saturated heterocycles. The number of alkyl halides is 3. The highest BCUT2D eigenvalue weighted by Gasteiger charge is 2.34. The van der Waals surface area contributed by atoms with Gasteiger partial charge in [0.05, 0.1) is 28.4 Å². The average Bonchev–Trinajstić information content (AvgIpc) is 2.53. The van der Waals surface area contributed by atoms with Gasteiger partial charge in [-0.05, 0) is 18.2 Å². The Balaban J connectivity index is 2.05. The molecule has 0 aliphatic heterocycles. The lowest BCUT2D eigenvalue weighted by Crippen LogP contribution is -2.26. The van der Waals surface area contributed by atoms with Crippen LogP contribution in [0.25, 0.3) is 0 Å². The number of nitrogens with zero attached hydrogens (tertiary/aromatic N) is 1. The molecule has 0 spiro atoms. The molecule has 122 valence electrons. The van der Waals surface area contributed by atoms with E-state index in [2.05, 4.69) is 4.99 Å². The lowest BCUT2D eigenvalue weighted by Gasteiger charge is -2.15. The van der Waals surface area contributed by atoms with Crippen molar-refractivity contribution in [2.45, 2.75) is 12.6 Å². The minimum absolute atomic E-state index is 0.0812. The number of Topliss-reactive ketones (excluding diaryl/α,β-unsaturated/α-hetero) is 2. The maximum absolute atomic E-state index is 12.9. The Kier molecular flexibility index (Phi) is 4.01. The topological polar surface area (TPSA) is 46.5 Å². The van der Waals surface area contributed by atoms with E-state index in [1.165, 1.54) is 18.2 Å². The number of hydrogen-bond acceptors (Lipinski definition) is 3. The van der Waals surface area contributed by atoms with Gasteiger partial charge in [0, 0.05) is 11.1 Å². The zero-order chi connectivity index (χ0) is 17.5. The summed E-state index contributed by atoms with van der Waals surface area (Å²) in [7, 11) is 0. The summed E-state index contributed by atoms with van der Waals surface area (Å²) in [5.74, 6) is -0.761. The average molecular weight is 352 g/mol. The molecule has 0 saturated carbocycles. The highest BCUT2D eigenvalue weighted by Crippen LogP contribution is 2.37. The molecule has 1 aliphatic rings. The minimum atomic E-state index is -4.63. The monoisotopic (exact) mass is 351 g/mol. The Morgan fingerprint density at radius 1 is 1.00 bits per heavy atom. The van der Waals surface area contributed by atoms with Crippen LogP contribution in [0.3, 0.4) is 0 Å². The number of carbonyl (C=O) groups excluding carboxylic acids is 2. The number of ketones is 2. The Labute approximate surface area is 139 Å². The number of halogens is 4. The van der Waals surface area contributed by atoms with Crippen LogP contribution >= 0.6 is 11.6 Å². The summed E-state index contributed by atoms with van der Waals surface area (Å²) >= 11 is 5.55. The first kappa shape index (κ1) is 16.4. The molecule has 0 amide bonds. The van der Waals surface area contributed by atoms with Crippen LogP contribution < -0.4 is 0 Å². The summed E-state index contributed by atoms with van der Waals surface area (Å²) < 4.78 is 38.7. The molecule has 2 aromatic carbocycles. The summed E-state index contributed by atoms with van der Waals surface area (Å²) in [5, 5.41) is -0.456. The summed E-state index contributed by atoms with van der Waals surface area (Å²) in [6.45, 7) is 0. The predicted octanol–water partition coefficient (Wildman–Crippen LogP) is 4.90. The molecule has 0 radical (unpaired) electrons. The SMILES string of the molecule is O=C1CC(=Nc2ccc(Cl)c(C(F)(F)F)c2)C(=O)c2ccccc21. The normalized spacial score (nSPS) is 16.4. The van der Waals surface area contributed by atoms with Crippen LogP contribution in [-0.2, 0) is 6.18 Å². The molecule has 1 aliphatic carbocycles. The highest BCUT2D eigenvalue weighted by molar-refractivity contribution is 6.53. The van der Waals surface area contributed by atoms with E-state index in [4.69, 9.17) is 11.6 Å². The van der Waals surface area contributed by atoms with Crippen LogP contribution in [0.15, 0.2) is 47.5 Å². The van der Waals surface area contributed by atoms with Gasteiger partial charge < -0.3 is 0 Å². The van der Waals surface area contributed by atoms with E-state index < -0.39 is 22.5 Å². The van der Waals surface area contributed by atoms with E-state index >= 15 is 0 Å². The van der Waals surface area contributed by atoms with E-state index in [0.29, 0.717) is 5.56 Å². The maximum Gasteiger partial charge on any atom is 0.417 e. The standard InChI is InChI=1S/C17H9ClF3NO2/c18-13-6-5-9(7-12(13)17(19,20)21)22-14-8-15(23)10-3-1-2-4-11(10)16(14)24/h1-7H,8H2. The number of aliphatic imine (C=N–C) groups is 1. The molecule has 2 aromatic rings. The fraction of sp³-hybridized carbons (Fsp3) is 0.118. The van der Waals surface area contributed by atoms with Crippen molar-refractivity contribution in [1.29, 1.82) is 0 Å². The maximum atomic E-state index is 12.9. The number of rotatable bonds is 1. The van der Waals surface area contributed by atoms with E-state index in [-0.39, 0.29) is 29.2 Å². The van der Waals surface area contributed by atoms with Crippen LogP contribution in [-0.4, -0.2) is 17.3 Å². The summed E-state index contributed by atoms with van der Waals surface area (Å²) in [6.07, 6.45) is -4.88. The smallest absolute Gasteiger partial charge is 0.294 e. The van der Waals surface area contributed by atoms with Crippen molar-refractivity contribution in [3.63, 3.8) is 0 Å². The predicted molar refractivity (Wildman–Crippen MR) is 83.3 cm³/mol. The molecule has 3 rings (SSSR count). The minimum Gasteiger partial charge on any atom is -0.294 e. The molecule has 0 bridgehead atoms. The Morgan fingerprint density at radius 3 is 2.33 bits per heavy atom. The lowest BCUT2D eigenvalue weighted by molar-refractivity contribution is -0.137. The Hall–Kier alpha value is -2.47. The van der Waals surface area contributed by atoms with E-state index in [1.807, 2.05) is 0 Å². The third-order valence-corrected chi connectivity index (χ3v) is 3.91. The van der Waals surface area contributed by atoms with Crippen molar-refractivity contribution >= 4 is 34.6 Å². The van der Waals surface area contributed by atoms with Gasteiger partial charge in [-0.3, -0.25) is 9.59 Å². The van der Waals surface area contributed by atoms with Crippen LogP contribution in [0.4, 0.5) is 18.9 Å². The molecule has 0 aromatic heterocycles. The highest BCUT2D eigenvalue weighted by atomic mass is 35.5. The second kappa shape index (κ2) is 5.87. The summed E-state index contributed by atoms with van der Waals surface area (Å²) in [5.41, 5.74) is -0.705. The van der Waals surface area contributed by atoms with Gasteiger partial charge in [-0.25, -0.2) is 4.99 Å². The van der Waals surface area contributed by atoms with Gasteiger partial charge >= 0.3 is 6.18 Å². The van der Waals surface area contributed by atoms with Gasteiger partial charge in [0.2, 0.25) is 5.78 Å². The summed E-state index contributed by atoms with van der Waals surface area (Å²) in [6, 6.07) is 9.37. The number of benzene rings is 2. The lowest BCUT2D eigenvalue weighted by atomic mass is 9.88. The molecule has 0 fully saturated rings. The van der Waals surface area contributed by atoms with Gasteiger partial charge in [-0.1, -0.05) is 35.9 Å². The fourth-order valence-electron chi connectivity index (χ4n) is 2.45. The van der Waals surface area contributed by atoms with Gasteiger partial charge in [0.25, 0.3) is 0 Å².